The number of hydrogen-bond donors (Lipinski definition) is 1. The SMILES string of the molecule is Cc1cc(NC(=O)[C@@H](SCc2ccn(C)n2)c2ccccc2)no1. The highest BCUT2D eigenvalue weighted by atomic mass is 32.2. The predicted molar refractivity (Wildman–Crippen MR) is 93.6 cm³/mol. The molecule has 0 radical (unpaired) electrons. The molecule has 0 unspecified atom stereocenters. The van der Waals surface area contributed by atoms with Crippen molar-refractivity contribution in [1.82, 2.24) is 14.9 Å². The lowest BCUT2D eigenvalue weighted by Gasteiger charge is -2.15. The van der Waals surface area contributed by atoms with Crippen LogP contribution in [-0.4, -0.2) is 20.8 Å². The van der Waals surface area contributed by atoms with Crippen LogP contribution in [0.5, 0.6) is 0 Å². The lowest BCUT2D eigenvalue weighted by atomic mass is 10.1. The van der Waals surface area contributed by atoms with E-state index in [9.17, 15) is 4.79 Å². The summed E-state index contributed by atoms with van der Waals surface area (Å²) >= 11 is 1.53. The van der Waals surface area contributed by atoms with Crippen molar-refractivity contribution in [1.29, 1.82) is 0 Å². The van der Waals surface area contributed by atoms with E-state index in [2.05, 4.69) is 15.6 Å². The maximum atomic E-state index is 12.7. The second-order valence-corrected chi connectivity index (χ2v) is 6.49. The minimum Gasteiger partial charge on any atom is -0.360 e. The van der Waals surface area contributed by atoms with Crippen LogP contribution in [0.25, 0.3) is 0 Å². The summed E-state index contributed by atoms with van der Waals surface area (Å²) in [4.78, 5) is 12.7. The van der Waals surface area contributed by atoms with Crippen molar-refractivity contribution in [3.63, 3.8) is 0 Å². The summed E-state index contributed by atoms with van der Waals surface area (Å²) in [5.74, 6) is 1.60. The van der Waals surface area contributed by atoms with E-state index < -0.39 is 0 Å². The van der Waals surface area contributed by atoms with Gasteiger partial charge in [-0.25, -0.2) is 0 Å². The maximum absolute atomic E-state index is 12.7. The molecule has 0 aliphatic carbocycles. The van der Waals surface area contributed by atoms with Gasteiger partial charge in [-0.15, -0.1) is 11.8 Å². The van der Waals surface area contributed by atoms with E-state index in [1.54, 1.807) is 17.7 Å². The van der Waals surface area contributed by atoms with Crippen molar-refractivity contribution < 1.29 is 9.32 Å². The molecule has 2 heterocycles. The zero-order valence-corrected chi connectivity index (χ0v) is 14.3. The zero-order valence-electron chi connectivity index (χ0n) is 13.5. The van der Waals surface area contributed by atoms with Gasteiger partial charge in [-0.2, -0.15) is 5.10 Å². The van der Waals surface area contributed by atoms with Crippen LogP contribution in [0.2, 0.25) is 0 Å². The first kappa shape index (κ1) is 16.3. The molecule has 7 heteroatoms. The van der Waals surface area contributed by atoms with Crippen LogP contribution in [0.4, 0.5) is 5.82 Å². The summed E-state index contributed by atoms with van der Waals surface area (Å²) in [5, 5.41) is 10.6. The van der Waals surface area contributed by atoms with Crippen molar-refractivity contribution >= 4 is 23.5 Å². The molecule has 0 aliphatic rings. The van der Waals surface area contributed by atoms with Crippen molar-refractivity contribution in [3.05, 3.63) is 65.7 Å². The molecule has 0 fully saturated rings. The van der Waals surface area contributed by atoms with Gasteiger partial charge in [0.25, 0.3) is 0 Å². The third-order valence-corrected chi connectivity index (χ3v) is 4.67. The Morgan fingerprint density at radius 3 is 2.75 bits per heavy atom. The van der Waals surface area contributed by atoms with Gasteiger partial charge in [0, 0.05) is 25.1 Å². The molecule has 2 aromatic heterocycles. The van der Waals surface area contributed by atoms with Crippen molar-refractivity contribution in [2.24, 2.45) is 7.05 Å². The molecule has 6 nitrogen and oxygen atoms in total. The number of nitrogens with one attached hydrogen (secondary N) is 1. The second-order valence-electron chi connectivity index (χ2n) is 5.39. The smallest absolute Gasteiger partial charge is 0.243 e. The lowest BCUT2D eigenvalue weighted by Crippen LogP contribution is -2.19. The number of hydrogen-bond acceptors (Lipinski definition) is 5. The Morgan fingerprint density at radius 2 is 2.12 bits per heavy atom. The maximum Gasteiger partial charge on any atom is 0.243 e. The van der Waals surface area contributed by atoms with Crippen LogP contribution < -0.4 is 5.32 Å². The van der Waals surface area contributed by atoms with Gasteiger partial charge < -0.3 is 9.84 Å². The number of amides is 1. The highest BCUT2D eigenvalue weighted by Crippen LogP contribution is 2.32. The number of thioether (sulfide) groups is 1. The van der Waals surface area contributed by atoms with E-state index >= 15 is 0 Å². The van der Waals surface area contributed by atoms with Gasteiger partial charge in [0.15, 0.2) is 5.82 Å². The Kier molecular flexibility index (Phi) is 5.00. The molecule has 1 aromatic carbocycles. The number of anilines is 1. The van der Waals surface area contributed by atoms with E-state index in [4.69, 9.17) is 4.52 Å². The van der Waals surface area contributed by atoms with Crippen molar-refractivity contribution in [2.45, 2.75) is 17.9 Å². The van der Waals surface area contributed by atoms with Gasteiger partial charge in [0.1, 0.15) is 11.0 Å². The predicted octanol–water partition coefficient (Wildman–Crippen LogP) is 3.33. The van der Waals surface area contributed by atoms with Crippen LogP contribution in [0.1, 0.15) is 22.3 Å². The molecule has 0 spiro atoms. The summed E-state index contributed by atoms with van der Waals surface area (Å²) in [5.41, 5.74) is 1.88. The first-order valence-corrected chi connectivity index (χ1v) is 8.56. The van der Waals surface area contributed by atoms with Gasteiger partial charge in [0.2, 0.25) is 5.91 Å². The number of carbonyl (C=O) groups is 1. The topological polar surface area (TPSA) is 73.0 Å². The Labute approximate surface area is 144 Å². The summed E-state index contributed by atoms with van der Waals surface area (Å²) in [6.07, 6.45) is 1.89. The van der Waals surface area contributed by atoms with E-state index in [-0.39, 0.29) is 11.2 Å². The molecular weight excluding hydrogens is 324 g/mol. The minimum atomic E-state index is -0.356. The van der Waals surface area contributed by atoms with Crippen molar-refractivity contribution in [2.75, 3.05) is 5.32 Å². The van der Waals surface area contributed by atoms with Crippen LogP contribution >= 0.6 is 11.8 Å². The molecule has 1 amide bonds. The molecule has 1 N–H and O–H groups in total. The molecule has 0 saturated carbocycles. The number of aryl methyl sites for hydroxylation is 2. The fraction of sp³-hybridized carbons (Fsp3) is 0.235. The molecule has 0 saturated heterocycles. The first-order valence-electron chi connectivity index (χ1n) is 7.51. The molecule has 0 bridgehead atoms. The molecule has 3 rings (SSSR count). The van der Waals surface area contributed by atoms with Gasteiger partial charge in [-0.1, -0.05) is 35.5 Å². The van der Waals surface area contributed by atoms with E-state index in [1.807, 2.05) is 49.6 Å². The number of benzene rings is 1. The summed E-state index contributed by atoms with van der Waals surface area (Å²) in [6, 6.07) is 13.3. The fourth-order valence-electron chi connectivity index (χ4n) is 2.28. The standard InChI is InChI=1S/C17H18N4O2S/c1-12-10-15(20-23-12)18-17(22)16(13-6-4-3-5-7-13)24-11-14-8-9-21(2)19-14/h3-10,16H,11H2,1-2H3,(H,18,20,22)/t16-/m0/s1. The number of nitrogens with zero attached hydrogens (tertiary/aromatic N) is 3. The number of carbonyl (C=O) groups excluding carboxylic acids is 1. The molecule has 3 aromatic rings. The van der Waals surface area contributed by atoms with E-state index in [1.165, 1.54) is 11.8 Å². The quantitative estimate of drug-likeness (QED) is 0.744. The molecular formula is C17H18N4O2S. The fourth-order valence-corrected chi connectivity index (χ4v) is 3.33. The van der Waals surface area contributed by atoms with Crippen LogP contribution in [-0.2, 0) is 17.6 Å². The highest BCUT2D eigenvalue weighted by molar-refractivity contribution is 7.99. The van der Waals surface area contributed by atoms with Crippen LogP contribution in [0, 0.1) is 6.92 Å². The Morgan fingerprint density at radius 1 is 1.33 bits per heavy atom. The Bertz CT molecular complexity index is 813. The largest absolute Gasteiger partial charge is 0.360 e. The highest BCUT2D eigenvalue weighted by Gasteiger charge is 2.22. The molecule has 0 aliphatic heterocycles. The third-order valence-electron chi connectivity index (χ3n) is 3.39. The zero-order chi connectivity index (χ0) is 16.9. The normalized spacial score (nSPS) is 12.1. The third kappa shape index (κ3) is 4.05. The average Bonchev–Trinajstić information content (AvgIpc) is 3.17. The average molecular weight is 342 g/mol. The summed E-state index contributed by atoms with van der Waals surface area (Å²) in [6.45, 7) is 1.78. The minimum absolute atomic E-state index is 0.129. The monoisotopic (exact) mass is 342 g/mol. The second kappa shape index (κ2) is 7.35. The van der Waals surface area contributed by atoms with Gasteiger partial charge >= 0.3 is 0 Å². The summed E-state index contributed by atoms with van der Waals surface area (Å²) < 4.78 is 6.75. The Hall–Kier alpha value is -2.54. The first-order chi connectivity index (χ1) is 11.6. The lowest BCUT2D eigenvalue weighted by molar-refractivity contribution is -0.115. The van der Waals surface area contributed by atoms with Crippen LogP contribution in [0.3, 0.4) is 0 Å². The van der Waals surface area contributed by atoms with Crippen molar-refractivity contribution in [3.8, 4) is 0 Å². The number of aromatic nitrogens is 3. The molecule has 1 atom stereocenters. The molecule has 124 valence electrons. The Balaban J connectivity index is 1.75. The van der Waals surface area contributed by atoms with Crippen LogP contribution in [0.15, 0.2) is 53.2 Å². The summed E-state index contributed by atoms with van der Waals surface area (Å²) in [7, 11) is 1.88. The van der Waals surface area contributed by atoms with Gasteiger partial charge in [-0.3, -0.25) is 9.48 Å². The van der Waals surface area contributed by atoms with E-state index in [0.717, 1.165) is 11.3 Å². The van der Waals surface area contributed by atoms with Gasteiger partial charge in [0.05, 0.1) is 5.69 Å². The van der Waals surface area contributed by atoms with E-state index in [0.29, 0.717) is 17.3 Å². The number of rotatable bonds is 6. The van der Waals surface area contributed by atoms with Gasteiger partial charge in [-0.05, 0) is 18.6 Å². The molecule has 24 heavy (non-hydrogen) atoms.